The molecule has 1 aromatic heterocycles. The van der Waals surface area contributed by atoms with Gasteiger partial charge in [0, 0.05) is 23.3 Å². The van der Waals surface area contributed by atoms with Gasteiger partial charge in [-0.1, -0.05) is 58.4 Å². The van der Waals surface area contributed by atoms with Crippen LogP contribution in [0, 0.1) is 0 Å². The lowest BCUT2D eigenvalue weighted by Gasteiger charge is -2.22. The van der Waals surface area contributed by atoms with E-state index in [0.29, 0.717) is 12.0 Å². The molecule has 3 aromatic rings. The van der Waals surface area contributed by atoms with Crippen molar-refractivity contribution >= 4 is 27.7 Å². The fourth-order valence-electron chi connectivity index (χ4n) is 3.83. The largest absolute Gasteiger partial charge is 0.347 e. The number of carbonyl (C=O) groups excluding carboxylic acids is 2. The summed E-state index contributed by atoms with van der Waals surface area (Å²) < 4.78 is 1.07. The summed E-state index contributed by atoms with van der Waals surface area (Å²) >= 11 is 3.60. The number of fused-ring (bicyclic) bond motifs is 1. The molecule has 0 saturated heterocycles. The number of aromatic nitrogens is 1. The van der Waals surface area contributed by atoms with Gasteiger partial charge in [-0.25, -0.2) is 0 Å². The van der Waals surface area contributed by atoms with Crippen LogP contribution in [0.15, 0.2) is 77.5 Å². The monoisotopic (exact) mass is 463 g/mol. The van der Waals surface area contributed by atoms with E-state index in [1.54, 1.807) is 18.3 Å². The minimum Gasteiger partial charge on any atom is -0.347 e. The highest BCUT2D eigenvalue weighted by Crippen LogP contribution is 2.35. The number of rotatable bonds is 6. The summed E-state index contributed by atoms with van der Waals surface area (Å²) in [7, 11) is 0. The van der Waals surface area contributed by atoms with Gasteiger partial charge in [-0.3, -0.25) is 14.6 Å². The summed E-state index contributed by atoms with van der Waals surface area (Å²) in [4.78, 5) is 29.9. The molecule has 30 heavy (non-hydrogen) atoms. The van der Waals surface area contributed by atoms with E-state index >= 15 is 0 Å². The summed E-state index contributed by atoms with van der Waals surface area (Å²) in [5, 5.41) is 6.04. The van der Waals surface area contributed by atoms with Crippen molar-refractivity contribution in [3.05, 3.63) is 99.8 Å². The normalized spacial score (nSPS) is 15.8. The van der Waals surface area contributed by atoms with E-state index in [-0.39, 0.29) is 17.9 Å². The molecule has 2 unspecified atom stereocenters. The minimum atomic E-state index is -0.684. The number of hydrogen-bond acceptors (Lipinski definition) is 3. The number of hydrogen-bond donors (Lipinski definition) is 2. The molecule has 1 aliphatic rings. The van der Waals surface area contributed by atoms with E-state index in [1.807, 2.05) is 42.5 Å². The van der Waals surface area contributed by atoms with Gasteiger partial charge in [-0.15, -0.1) is 0 Å². The van der Waals surface area contributed by atoms with Crippen molar-refractivity contribution in [1.82, 2.24) is 15.6 Å². The fraction of sp³-hybridized carbons (Fsp3) is 0.208. The van der Waals surface area contributed by atoms with Crippen molar-refractivity contribution in [2.75, 3.05) is 0 Å². The van der Waals surface area contributed by atoms with Crippen LogP contribution in [-0.2, 0) is 17.6 Å². The Hall–Kier alpha value is -2.99. The van der Waals surface area contributed by atoms with Gasteiger partial charge >= 0.3 is 0 Å². The molecule has 2 amide bonds. The molecular weight excluding hydrogens is 442 g/mol. The van der Waals surface area contributed by atoms with E-state index in [2.05, 4.69) is 37.6 Å². The average molecular weight is 464 g/mol. The molecule has 4 rings (SSSR count). The number of amides is 2. The zero-order valence-corrected chi connectivity index (χ0v) is 17.9. The average Bonchev–Trinajstić information content (AvgIpc) is 3.18. The van der Waals surface area contributed by atoms with Gasteiger partial charge in [0.25, 0.3) is 5.91 Å². The van der Waals surface area contributed by atoms with Crippen LogP contribution in [-0.4, -0.2) is 22.8 Å². The number of benzene rings is 2. The Balaban J connectivity index is 1.52. The van der Waals surface area contributed by atoms with E-state index in [9.17, 15) is 9.59 Å². The topological polar surface area (TPSA) is 71.1 Å². The molecule has 6 heteroatoms. The number of carbonyl (C=O) groups is 2. The predicted molar refractivity (Wildman–Crippen MR) is 119 cm³/mol. The molecule has 5 nitrogen and oxygen atoms in total. The van der Waals surface area contributed by atoms with Crippen LogP contribution in [0.4, 0.5) is 0 Å². The molecule has 0 aliphatic heterocycles. The highest BCUT2D eigenvalue weighted by molar-refractivity contribution is 9.10. The first-order valence-electron chi connectivity index (χ1n) is 9.94. The maximum Gasteiger partial charge on any atom is 0.253 e. The maximum atomic E-state index is 13.2. The minimum absolute atomic E-state index is 0.0569. The smallest absolute Gasteiger partial charge is 0.253 e. The second-order valence-electron chi connectivity index (χ2n) is 7.36. The van der Waals surface area contributed by atoms with E-state index in [4.69, 9.17) is 0 Å². The molecule has 1 heterocycles. The maximum absolute atomic E-state index is 13.2. The van der Waals surface area contributed by atoms with Gasteiger partial charge in [0.2, 0.25) is 5.91 Å². The van der Waals surface area contributed by atoms with E-state index in [1.165, 1.54) is 11.8 Å². The second kappa shape index (κ2) is 9.22. The first-order chi connectivity index (χ1) is 14.6. The molecule has 0 radical (unpaired) electrons. The zero-order valence-electron chi connectivity index (χ0n) is 16.3. The predicted octanol–water partition coefficient (Wildman–Crippen LogP) is 3.99. The zero-order chi connectivity index (χ0) is 20.9. The van der Waals surface area contributed by atoms with Crippen LogP contribution in [0.5, 0.6) is 0 Å². The third-order valence-corrected chi connectivity index (χ3v) is 6.10. The van der Waals surface area contributed by atoms with Crippen molar-refractivity contribution in [2.45, 2.75) is 31.3 Å². The van der Waals surface area contributed by atoms with Crippen molar-refractivity contribution in [3.63, 3.8) is 0 Å². The third-order valence-electron chi connectivity index (χ3n) is 5.36. The van der Waals surface area contributed by atoms with Gasteiger partial charge in [0.15, 0.2) is 0 Å². The molecule has 2 N–H and O–H groups in total. The van der Waals surface area contributed by atoms with Crippen molar-refractivity contribution in [3.8, 4) is 0 Å². The molecule has 0 spiro atoms. The summed E-state index contributed by atoms with van der Waals surface area (Å²) in [5.74, 6) is -0.498. The van der Waals surface area contributed by atoms with E-state index in [0.717, 1.165) is 28.4 Å². The Bertz CT molecular complexity index is 1040. The highest BCUT2D eigenvalue weighted by Gasteiger charge is 2.29. The van der Waals surface area contributed by atoms with Crippen molar-refractivity contribution < 1.29 is 9.59 Å². The quantitative estimate of drug-likeness (QED) is 0.580. The van der Waals surface area contributed by atoms with Gasteiger partial charge in [0.05, 0.1) is 11.6 Å². The molecule has 1 aliphatic carbocycles. The Morgan fingerprint density at radius 3 is 2.67 bits per heavy atom. The van der Waals surface area contributed by atoms with Gasteiger partial charge in [-0.05, 0) is 47.7 Å². The van der Waals surface area contributed by atoms with Crippen molar-refractivity contribution in [2.24, 2.45) is 0 Å². The molecule has 2 aromatic carbocycles. The second-order valence-corrected chi connectivity index (χ2v) is 8.22. The van der Waals surface area contributed by atoms with Gasteiger partial charge in [-0.2, -0.15) is 0 Å². The Kier molecular flexibility index (Phi) is 6.23. The molecule has 2 atom stereocenters. The number of pyridine rings is 1. The summed E-state index contributed by atoms with van der Waals surface area (Å²) in [6.07, 6.45) is 5.28. The number of halogens is 1. The van der Waals surface area contributed by atoms with Crippen LogP contribution in [0.2, 0.25) is 0 Å². The Labute approximate surface area is 184 Å². The molecule has 152 valence electrons. The fourth-order valence-corrected chi connectivity index (χ4v) is 4.41. The molecule has 0 saturated carbocycles. The van der Waals surface area contributed by atoms with E-state index < -0.39 is 6.04 Å². The number of nitrogens with zero attached hydrogens (tertiary/aromatic N) is 1. The Morgan fingerprint density at radius 1 is 1.07 bits per heavy atom. The lowest BCUT2D eigenvalue weighted by atomic mass is 10.0. The first-order valence-corrected chi connectivity index (χ1v) is 10.7. The van der Waals surface area contributed by atoms with Crippen LogP contribution in [0.25, 0.3) is 0 Å². The summed E-state index contributed by atoms with van der Waals surface area (Å²) in [6.45, 7) is 0. The molecular formula is C24H22BrN3O2. The SMILES string of the molecule is O=C(NC(Cc1ccccc1)C(=O)NC1CCc2c(Br)cccc21)c1cccnc1. The van der Waals surface area contributed by atoms with Gasteiger partial charge < -0.3 is 10.6 Å². The Morgan fingerprint density at radius 2 is 1.90 bits per heavy atom. The van der Waals surface area contributed by atoms with Crippen LogP contribution >= 0.6 is 15.9 Å². The molecule has 0 bridgehead atoms. The summed E-state index contributed by atoms with van der Waals surface area (Å²) in [6, 6.07) is 18.4. The standard InChI is InChI=1S/C24H22BrN3O2/c25-20-10-4-9-19-18(20)11-12-21(19)27-24(30)22(14-16-6-2-1-3-7-16)28-23(29)17-8-5-13-26-15-17/h1-10,13,15,21-22H,11-12,14H2,(H,27,30)(H,28,29). The number of nitrogens with one attached hydrogen (secondary N) is 2. The lowest BCUT2D eigenvalue weighted by molar-refractivity contribution is -0.123. The van der Waals surface area contributed by atoms with Crippen molar-refractivity contribution in [1.29, 1.82) is 0 Å². The summed E-state index contributed by atoms with van der Waals surface area (Å²) in [5.41, 5.74) is 3.79. The highest BCUT2D eigenvalue weighted by atomic mass is 79.9. The van der Waals surface area contributed by atoms with Gasteiger partial charge in [0.1, 0.15) is 6.04 Å². The first kappa shape index (κ1) is 20.3. The van der Waals surface area contributed by atoms with Crippen LogP contribution in [0.1, 0.15) is 39.5 Å². The molecule has 0 fully saturated rings. The van der Waals surface area contributed by atoms with Crippen LogP contribution < -0.4 is 10.6 Å². The lowest BCUT2D eigenvalue weighted by Crippen LogP contribution is -2.48. The van der Waals surface area contributed by atoms with Crippen LogP contribution in [0.3, 0.4) is 0 Å². The third kappa shape index (κ3) is 4.60.